The number of methoxy groups -OCH3 is 2. The average Bonchev–Trinajstić information content (AvgIpc) is 3.13. The molecule has 2 aliphatic rings. The Labute approximate surface area is 297 Å². The summed E-state index contributed by atoms with van der Waals surface area (Å²) in [6, 6.07) is 21.2. The molecule has 0 radical (unpaired) electrons. The highest BCUT2D eigenvalue weighted by atomic mass is 32.2. The van der Waals surface area contributed by atoms with E-state index in [2.05, 4.69) is 23.1 Å². The van der Waals surface area contributed by atoms with Gasteiger partial charge in [0.05, 0.1) is 55.8 Å². The van der Waals surface area contributed by atoms with E-state index < -0.39 is 22.2 Å². The lowest BCUT2D eigenvalue weighted by Crippen LogP contribution is -2.54. The summed E-state index contributed by atoms with van der Waals surface area (Å²) >= 11 is 0. The number of benzene rings is 3. The Morgan fingerprint density at radius 3 is 2.26 bits per heavy atom. The van der Waals surface area contributed by atoms with Gasteiger partial charge in [-0.3, -0.25) is 0 Å². The molecule has 1 saturated heterocycles. The predicted molar refractivity (Wildman–Crippen MR) is 191 cm³/mol. The molecule has 0 bridgehead atoms. The third-order valence-corrected chi connectivity index (χ3v) is 11.0. The molecule has 3 atom stereocenters. The molecule has 0 unspecified atom stereocenters. The van der Waals surface area contributed by atoms with Crippen molar-refractivity contribution in [2.24, 2.45) is 0 Å². The highest BCUT2D eigenvalue weighted by Crippen LogP contribution is 2.37. The van der Waals surface area contributed by atoms with Gasteiger partial charge in [-0.1, -0.05) is 48.0 Å². The van der Waals surface area contributed by atoms with Crippen LogP contribution in [-0.2, 0) is 46.9 Å². The molecule has 50 heavy (non-hydrogen) atoms. The fourth-order valence-corrected chi connectivity index (χ4v) is 7.92. The van der Waals surface area contributed by atoms with Crippen LogP contribution in [0.2, 0.25) is 0 Å². The third kappa shape index (κ3) is 10.0. The summed E-state index contributed by atoms with van der Waals surface area (Å²) in [6.45, 7) is 7.21. The number of fused-ring (bicyclic) bond motifs is 1. The molecule has 0 spiro atoms. The van der Waals surface area contributed by atoms with E-state index in [1.165, 1.54) is 4.31 Å². The fourth-order valence-electron chi connectivity index (χ4n) is 6.45. The van der Waals surface area contributed by atoms with Crippen molar-refractivity contribution in [3.8, 4) is 5.75 Å². The molecule has 2 heterocycles. The quantitative estimate of drug-likeness (QED) is 0.178. The molecule has 0 aliphatic carbocycles. The van der Waals surface area contributed by atoms with Crippen molar-refractivity contribution in [2.75, 3.05) is 84.9 Å². The van der Waals surface area contributed by atoms with Gasteiger partial charge in [-0.15, -0.1) is 0 Å². The number of aliphatic hydroxyl groups excluding tert-OH is 1. The van der Waals surface area contributed by atoms with Crippen molar-refractivity contribution >= 4 is 15.7 Å². The number of hydrogen-bond donors (Lipinski definition) is 1. The molecule has 2 aliphatic heterocycles. The van der Waals surface area contributed by atoms with E-state index in [1.807, 2.05) is 43.3 Å². The first-order valence-electron chi connectivity index (χ1n) is 17.4. The van der Waals surface area contributed by atoms with Crippen LogP contribution in [0.4, 0.5) is 5.69 Å². The monoisotopic (exact) mass is 712 g/mol. The predicted octanol–water partition coefficient (Wildman–Crippen LogP) is 4.53. The van der Waals surface area contributed by atoms with Gasteiger partial charge >= 0.3 is 0 Å². The molecular formula is C38H52N2O9S. The largest absolute Gasteiger partial charge is 0.490 e. The standard InChI is InChI=1S/C38H52N2O9S/c1-29-6-13-33(14-7-29)50(42,43)40-25-36(47-20-5-18-41)38(32-11-8-30(9-12-32)27-46-23-22-45-3)37(26-40)49-28-31-10-15-35-34(24-31)39(17-21-48-35)16-4-19-44-2/h6-15,24,36-38,41H,4-5,16-23,25-28H2,1-3H3/t36-,37+,38+/m1/s1. The minimum absolute atomic E-state index is 0.0228. The molecule has 11 nitrogen and oxygen atoms in total. The number of aliphatic hydroxyl groups is 1. The van der Waals surface area contributed by atoms with Crippen LogP contribution in [0, 0.1) is 6.92 Å². The lowest BCUT2D eigenvalue weighted by Gasteiger charge is -2.43. The molecule has 1 N–H and O–H groups in total. The lowest BCUT2D eigenvalue weighted by molar-refractivity contribution is -0.0802. The molecule has 3 aromatic rings. The van der Waals surface area contributed by atoms with E-state index in [-0.39, 0.29) is 43.7 Å². The summed E-state index contributed by atoms with van der Waals surface area (Å²) in [7, 11) is -0.495. The SMILES string of the molecule is COCCCN1CCOc2ccc(CO[C@H]3CN(S(=O)(=O)c4ccc(C)cc4)C[C@@H](OCCCO)[C@@H]3c3ccc(COCCOC)cc3)cc21. The van der Waals surface area contributed by atoms with Crippen molar-refractivity contribution in [3.63, 3.8) is 0 Å². The number of ether oxygens (including phenoxy) is 6. The second-order valence-electron chi connectivity index (χ2n) is 12.8. The summed E-state index contributed by atoms with van der Waals surface area (Å²) in [4.78, 5) is 2.54. The zero-order chi connectivity index (χ0) is 35.3. The third-order valence-electron chi connectivity index (χ3n) is 9.15. The van der Waals surface area contributed by atoms with Crippen LogP contribution in [0.15, 0.2) is 71.6 Å². The van der Waals surface area contributed by atoms with Gasteiger partial charge in [-0.05, 0) is 60.7 Å². The van der Waals surface area contributed by atoms with Gasteiger partial charge in [0, 0.05) is 59.6 Å². The van der Waals surface area contributed by atoms with Crippen molar-refractivity contribution in [3.05, 3.63) is 89.0 Å². The Hall–Kier alpha value is -3.07. The highest BCUT2D eigenvalue weighted by Gasteiger charge is 2.43. The lowest BCUT2D eigenvalue weighted by atomic mass is 9.85. The maximum absolute atomic E-state index is 14.1. The van der Waals surface area contributed by atoms with Gasteiger partial charge in [0.2, 0.25) is 10.0 Å². The maximum Gasteiger partial charge on any atom is 0.243 e. The van der Waals surface area contributed by atoms with Crippen molar-refractivity contribution in [2.45, 2.75) is 56.0 Å². The topological polar surface area (TPSA) is 116 Å². The molecule has 0 aromatic heterocycles. The molecule has 3 aromatic carbocycles. The molecule has 1 fully saturated rings. The van der Waals surface area contributed by atoms with E-state index in [9.17, 15) is 13.5 Å². The average molecular weight is 713 g/mol. The summed E-state index contributed by atoms with van der Waals surface area (Å²) in [5, 5.41) is 9.54. The van der Waals surface area contributed by atoms with E-state index in [1.54, 1.807) is 26.4 Å². The van der Waals surface area contributed by atoms with Crippen molar-refractivity contribution in [1.82, 2.24) is 4.31 Å². The van der Waals surface area contributed by atoms with Gasteiger partial charge < -0.3 is 38.4 Å². The summed E-state index contributed by atoms with van der Waals surface area (Å²) < 4.78 is 64.8. The highest BCUT2D eigenvalue weighted by molar-refractivity contribution is 7.89. The van der Waals surface area contributed by atoms with Crippen LogP contribution in [0.25, 0.3) is 0 Å². The smallest absolute Gasteiger partial charge is 0.243 e. The van der Waals surface area contributed by atoms with Crippen LogP contribution in [0.1, 0.15) is 41.0 Å². The first-order chi connectivity index (χ1) is 24.3. The first-order valence-corrected chi connectivity index (χ1v) is 18.8. The second kappa shape index (κ2) is 19.0. The van der Waals surface area contributed by atoms with Crippen molar-refractivity contribution < 1.29 is 41.9 Å². The number of aryl methyl sites for hydroxylation is 1. The summed E-state index contributed by atoms with van der Waals surface area (Å²) in [5.74, 6) is 0.570. The van der Waals surface area contributed by atoms with Gasteiger partial charge in [-0.25, -0.2) is 8.42 Å². The minimum Gasteiger partial charge on any atom is -0.490 e. The number of nitrogens with zero attached hydrogens (tertiary/aromatic N) is 2. The molecule has 0 amide bonds. The Morgan fingerprint density at radius 1 is 0.820 bits per heavy atom. The van der Waals surface area contributed by atoms with Gasteiger partial charge in [0.25, 0.3) is 0 Å². The van der Waals surface area contributed by atoms with E-state index in [0.717, 1.165) is 53.2 Å². The number of piperidine rings is 1. The summed E-state index contributed by atoms with van der Waals surface area (Å²) in [6.07, 6.45) is 0.297. The number of hydrogen-bond acceptors (Lipinski definition) is 10. The van der Waals surface area contributed by atoms with Crippen LogP contribution < -0.4 is 9.64 Å². The molecule has 274 valence electrons. The minimum atomic E-state index is -3.85. The zero-order valence-electron chi connectivity index (χ0n) is 29.5. The normalized spacial score (nSPS) is 19.7. The van der Waals surface area contributed by atoms with Crippen molar-refractivity contribution in [1.29, 1.82) is 0 Å². The second-order valence-corrected chi connectivity index (χ2v) is 14.7. The Kier molecular flexibility index (Phi) is 14.5. The van der Waals surface area contributed by atoms with Gasteiger partial charge in [0.15, 0.2) is 0 Å². The van der Waals surface area contributed by atoms with E-state index in [4.69, 9.17) is 28.4 Å². The zero-order valence-corrected chi connectivity index (χ0v) is 30.3. The fraction of sp³-hybridized carbons (Fsp3) is 0.526. The van der Waals surface area contributed by atoms with E-state index in [0.29, 0.717) is 39.5 Å². The number of rotatable bonds is 19. The maximum atomic E-state index is 14.1. The van der Waals surface area contributed by atoms with Gasteiger partial charge in [-0.2, -0.15) is 4.31 Å². The number of anilines is 1. The molecular weight excluding hydrogens is 660 g/mol. The number of sulfonamides is 1. The Bertz CT molecular complexity index is 1570. The van der Waals surface area contributed by atoms with Crippen LogP contribution in [0.5, 0.6) is 5.75 Å². The first kappa shape index (κ1) is 38.2. The van der Waals surface area contributed by atoms with Crippen LogP contribution >= 0.6 is 0 Å². The van der Waals surface area contributed by atoms with Gasteiger partial charge in [0.1, 0.15) is 12.4 Å². The molecule has 0 saturated carbocycles. The molecule has 5 rings (SSSR count). The molecule has 12 heteroatoms. The summed E-state index contributed by atoms with van der Waals surface area (Å²) in [5.41, 5.74) is 4.97. The Balaban J connectivity index is 1.43. The van der Waals surface area contributed by atoms with Crippen LogP contribution in [0.3, 0.4) is 0 Å². The van der Waals surface area contributed by atoms with Crippen LogP contribution in [-0.4, -0.2) is 110 Å². The van der Waals surface area contributed by atoms with E-state index >= 15 is 0 Å². The Morgan fingerprint density at radius 2 is 1.54 bits per heavy atom.